The van der Waals surface area contributed by atoms with Crippen LogP contribution >= 0.6 is 0 Å². The van der Waals surface area contributed by atoms with E-state index in [1.165, 1.54) is 24.4 Å². The van der Waals surface area contributed by atoms with Gasteiger partial charge in [0.05, 0.1) is 16.7 Å². The second-order valence-corrected chi connectivity index (χ2v) is 10.2. The van der Waals surface area contributed by atoms with Gasteiger partial charge >= 0.3 is 24.5 Å². The Morgan fingerprint density at radius 3 is 1.87 bits per heavy atom. The number of anilines is 1. The number of ketones is 1. The molecule has 5 nitrogen and oxygen atoms in total. The number of Topliss-reactive ketones (excluding diaryl/α,β-unsaturated/α-hetero) is 1. The number of rotatable bonds is 10. The van der Waals surface area contributed by atoms with Gasteiger partial charge in [-0.1, -0.05) is 30.3 Å². The Bertz CT molecular complexity index is 1710. The Kier molecular flexibility index (Phi) is 9.78. The van der Waals surface area contributed by atoms with E-state index in [1.807, 2.05) is 0 Å². The number of carboxylic acids is 1. The first-order valence-corrected chi connectivity index (χ1v) is 13.5. The summed E-state index contributed by atoms with van der Waals surface area (Å²) in [6, 6.07) is 11.7. The summed E-state index contributed by atoms with van der Waals surface area (Å²) in [6.07, 6.45) is -13.4. The maximum Gasteiger partial charge on any atom is 0.417 e. The third-order valence-corrected chi connectivity index (χ3v) is 6.92. The largest absolute Gasteiger partial charge is 0.481 e. The van der Waals surface area contributed by atoms with Gasteiger partial charge in [-0.2, -0.15) is 39.5 Å². The van der Waals surface area contributed by atoms with Crippen LogP contribution in [0.15, 0.2) is 79.0 Å². The number of carbonyl (C=O) groups excluding carboxylic acids is 1. The number of aromatic nitrogens is 1. The SMILES string of the molecule is O=C(O)CCCC(=O)c1ccc(-c2cc(C(F)(F)F)ccc2CNc2ccc(-c3ccc(C(F)(F)F)cc3)c(C(F)(F)F)c2)cn1. The summed E-state index contributed by atoms with van der Waals surface area (Å²) in [4.78, 5) is 27.0. The van der Waals surface area contributed by atoms with Gasteiger partial charge in [-0.05, 0) is 71.1 Å². The first-order chi connectivity index (χ1) is 21.4. The molecule has 0 saturated heterocycles. The molecule has 1 aromatic heterocycles. The average Bonchev–Trinajstić information content (AvgIpc) is 2.98. The van der Waals surface area contributed by atoms with Gasteiger partial charge in [-0.3, -0.25) is 14.6 Å². The molecular formula is C32H23F9N2O3. The molecule has 0 amide bonds. The van der Waals surface area contributed by atoms with Crippen molar-refractivity contribution in [2.75, 3.05) is 5.32 Å². The lowest BCUT2D eigenvalue weighted by Crippen LogP contribution is -2.10. The zero-order valence-electron chi connectivity index (χ0n) is 23.4. The molecular weight excluding hydrogens is 631 g/mol. The Labute approximate surface area is 255 Å². The first-order valence-electron chi connectivity index (χ1n) is 13.5. The topological polar surface area (TPSA) is 79.3 Å². The van der Waals surface area contributed by atoms with Gasteiger partial charge in [0.2, 0.25) is 0 Å². The standard InChI is InChI=1S/C32H23F9N2O3/c33-30(34,35)21-8-4-18(5-9-21)24-12-11-23(15-26(24)32(39,40)41)42-16-19-6-10-22(31(36,37)38)14-25(19)20-7-13-27(43-17-20)28(44)2-1-3-29(45)46/h4-15,17,42H,1-3,16H2,(H,45,46). The zero-order chi connectivity index (χ0) is 33.9. The van der Waals surface area contributed by atoms with Crippen LogP contribution in [0.3, 0.4) is 0 Å². The van der Waals surface area contributed by atoms with Crippen LogP contribution in [-0.2, 0) is 29.9 Å². The molecule has 0 fully saturated rings. The third kappa shape index (κ3) is 8.43. The van der Waals surface area contributed by atoms with Crippen molar-refractivity contribution in [3.8, 4) is 22.3 Å². The molecule has 0 aliphatic heterocycles. The van der Waals surface area contributed by atoms with Gasteiger partial charge in [-0.15, -0.1) is 0 Å². The van der Waals surface area contributed by atoms with Crippen LogP contribution in [0.1, 0.15) is 52.0 Å². The molecule has 242 valence electrons. The van der Waals surface area contributed by atoms with Crippen LogP contribution in [0.5, 0.6) is 0 Å². The maximum absolute atomic E-state index is 14.0. The number of pyridine rings is 1. The molecule has 46 heavy (non-hydrogen) atoms. The summed E-state index contributed by atoms with van der Waals surface area (Å²) in [5.41, 5.74) is -3.26. The number of nitrogens with zero attached hydrogens (tertiary/aromatic N) is 1. The van der Waals surface area contributed by atoms with Gasteiger partial charge in [-0.25, -0.2) is 0 Å². The first kappa shape index (κ1) is 34.0. The predicted octanol–water partition coefficient (Wildman–Crippen LogP) is 9.52. The summed E-state index contributed by atoms with van der Waals surface area (Å²) in [7, 11) is 0. The van der Waals surface area contributed by atoms with E-state index in [9.17, 15) is 49.1 Å². The number of aliphatic carboxylic acids is 1. The minimum atomic E-state index is -4.90. The summed E-state index contributed by atoms with van der Waals surface area (Å²) < 4.78 is 121. The highest BCUT2D eigenvalue weighted by Crippen LogP contribution is 2.40. The maximum atomic E-state index is 14.0. The van der Waals surface area contributed by atoms with E-state index in [0.29, 0.717) is 12.1 Å². The number of hydrogen-bond acceptors (Lipinski definition) is 4. The highest BCUT2D eigenvalue weighted by Gasteiger charge is 2.35. The van der Waals surface area contributed by atoms with E-state index in [4.69, 9.17) is 5.11 Å². The van der Waals surface area contributed by atoms with Crippen molar-refractivity contribution in [2.24, 2.45) is 0 Å². The number of carbonyl (C=O) groups is 2. The fourth-order valence-electron chi connectivity index (χ4n) is 4.60. The molecule has 0 spiro atoms. The van der Waals surface area contributed by atoms with Crippen LogP contribution in [-0.4, -0.2) is 21.8 Å². The van der Waals surface area contributed by atoms with Crippen molar-refractivity contribution in [2.45, 2.75) is 44.3 Å². The second-order valence-electron chi connectivity index (χ2n) is 10.2. The molecule has 1 heterocycles. The fraction of sp³-hybridized carbons (Fsp3) is 0.219. The van der Waals surface area contributed by atoms with Gasteiger partial charge in [0.1, 0.15) is 5.69 Å². The van der Waals surface area contributed by atoms with Crippen molar-refractivity contribution in [3.05, 3.63) is 107 Å². The van der Waals surface area contributed by atoms with Gasteiger partial charge < -0.3 is 10.4 Å². The lowest BCUT2D eigenvalue weighted by Gasteiger charge is -2.18. The molecule has 0 unspecified atom stereocenters. The number of alkyl halides is 9. The van der Waals surface area contributed by atoms with Crippen LogP contribution < -0.4 is 5.32 Å². The predicted molar refractivity (Wildman–Crippen MR) is 150 cm³/mol. The molecule has 0 aliphatic rings. The van der Waals surface area contributed by atoms with Crippen molar-refractivity contribution >= 4 is 17.4 Å². The molecule has 0 radical (unpaired) electrons. The van der Waals surface area contributed by atoms with Crippen molar-refractivity contribution in [1.82, 2.24) is 4.98 Å². The number of benzene rings is 3. The summed E-state index contributed by atoms with van der Waals surface area (Å²) in [5, 5.41) is 11.5. The van der Waals surface area contributed by atoms with E-state index in [0.717, 1.165) is 42.5 Å². The Hall–Kier alpha value is -4.88. The monoisotopic (exact) mass is 654 g/mol. The number of carboxylic acid groups (broad SMARTS) is 1. The molecule has 4 rings (SSSR count). The van der Waals surface area contributed by atoms with Crippen LogP contribution in [0.2, 0.25) is 0 Å². The fourth-order valence-corrected chi connectivity index (χ4v) is 4.60. The quantitative estimate of drug-likeness (QED) is 0.132. The third-order valence-electron chi connectivity index (χ3n) is 6.92. The van der Waals surface area contributed by atoms with E-state index < -0.39 is 47.0 Å². The summed E-state index contributed by atoms with van der Waals surface area (Å²) in [6.45, 7) is -0.236. The highest BCUT2D eigenvalue weighted by molar-refractivity contribution is 5.94. The minimum Gasteiger partial charge on any atom is -0.481 e. The highest BCUT2D eigenvalue weighted by atomic mass is 19.4. The Balaban J connectivity index is 1.62. The van der Waals surface area contributed by atoms with Crippen LogP contribution in [0.4, 0.5) is 45.2 Å². The van der Waals surface area contributed by atoms with E-state index in [2.05, 4.69) is 10.3 Å². The smallest absolute Gasteiger partial charge is 0.417 e. The molecule has 3 aromatic carbocycles. The van der Waals surface area contributed by atoms with E-state index in [-0.39, 0.29) is 65.0 Å². The van der Waals surface area contributed by atoms with E-state index >= 15 is 0 Å². The normalized spacial score (nSPS) is 12.2. The van der Waals surface area contributed by atoms with Crippen molar-refractivity contribution in [3.63, 3.8) is 0 Å². The molecule has 0 atom stereocenters. The second kappa shape index (κ2) is 13.2. The number of halogens is 9. The number of nitrogens with one attached hydrogen (secondary N) is 1. The molecule has 0 bridgehead atoms. The Morgan fingerprint density at radius 2 is 1.30 bits per heavy atom. The molecule has 4 aromatic rings. The molecule has 0 saturated carbocycles. The minimum absolute atomic E-state index is 0.0198. The van der Waals surface area contributed by atoms with Crippen molar-refractivity contribution < 1.29 is 54.2 Å². The summed E-state index contributed by atoms with van der Waals surface area (Å²) >= 11 is 0. The van der Waals surface area contributed by atoms with E-state index in [1.54, 1.807) is 0 Å². The molecule has 14 heteroatoms. The summed E-state index contributed by atoms with van der Waals surface area (Å²) in [5.74, 6) is -1.54. The average molecular weight is 655 g/mol. The lowest BCUT2D eigenvalue weighted by atomic mass is 9.96. The zero-order valence-corrected chi connectivity index (χ0v) is 23.4. The molecule has 0 aliphatic carbocycles. The van der Waals surface area contributed by atoms with Crippen LogP contribution in [0.25, 0.3) is 22.3 Å². The van der Waals surface area contributed by atoms with Gasteiger partial charge in [0, 0.05) is 36.8 Å². The van der Waals surface area contributed by atoms with Crippen LogP contribution in [0, 0.1) is 0 Å². The van der Waals surface area contributed by atoms with Crippen molar-refractivity contribution in [1.29, 1.82) is 0 Å². The van der Waals surface area contributed by atoms with Gasteiger partial charge in [0.15, 0.2) is 5.78 Å². The Morgan fingerprint density at radius 1 is 0.674 bits per heavy atom. The lowest BCUT2D eigenvalue weighted by molar-refractivity contribution is -0.138. The molecule has 2 N–H and O–H groups in total. The van der Waals surface area contributed by atoms with Gasteiger partial charge in [0.25, 0.3) is 0 Å². The number of hydrogen-bond donors (Lipinski definition) is 2.